The predicted octanol–water partition coefficient (Wildman–Crippen LogP) is 3.00. The van der Waals surface area contributed by atoms with Crippen LogP contribution in [0.5, 0.6) is 0 Å². The molecule has 0 spiro atoms. The van der Waals surface area contributed by atoms with Gasteiger partial charge >= 0.3 is 0 Å². The van der Waals surface area contributed by atoms with Gasteiger partial charge in [0.25, 0.3) is 0 Å². The normalized spacial score (nSPS) is 24.2. The lowest BCUT2D eigenvalue weighted by Crippen LogP contribution is -2.33. The van der Waals surface area contributed by atoms with Gasteiger partial charge in [0.05, 0.1) is 12.7 Å². The van der Waals surface area contributed by atoms with Gasteiger partial charge in [-0.3, -0.25) is 0 Å². The number of rotatable bonds is 4. The van der Waals surface area contributed by atoms with Crippen molar-refractivity contribution in [3.05, 3.63) is 35.4 Å². The van der Waals surface area contributed by atoms with E-state index in [1.54, 1.807) is 6.07 Å². The van der Waals surface area contributed by atoms with Gasteiger partial charge in [0, 0.05) is 5.56 Å². The molecule has 0 radical (unpaired) electrons. The van der Waals surface area contributed by atoms with Gasteiger partial charge in [0.15, 0.2) is 11.6 Å². The molecule has 0 aromatic heterocycles. The van der Waals surface area contributed by atoms with Gasteiger partial charge < -0.3 is 10.5 Å². The Kier molecular flexibility index (Phi) is 4.66. The quantitative estimate of drug-likeness (QED) is 0.897. The maximum Gasteiger partial charge on any atom is 0.164 e. The zero-order valence-electron chi connectivity index (χ0n) is 10.4. The monoisotopic (exact) mass is 255 g/mol. The summed E-state index contributed by atoms with van der Waals surface area (Å²) >= 11 is 0. The molecule has 1 saturated carbocycles. The summed E-state index contributed by atoms with van der Waals surface area (Å²) in [4.78, 5) is 0. The minimum absolute atomic E-state index is 0.0754. The second kappa shape index (κ2) is 6.25. The summed E-state index contributed by atoms with van der Waals surface area (Å²) in [5.41, 5.74) is 5.98. The lowest BCUT2D eigenvalue weighted by Gasteiger charge is -2.30. The zero-order chi connectivity index (χ0) is 13.0. The van der Waals surface area contributed by atoms with Crippen molar-refractivity contribution in [2.45, 2.75) is 38.4 Å². The van der Waals surface area contributed by atoms with E-state index in [-0.39, 0.29) is 18.3 Å². The topological polar surface area (TPSA) is 35.2 Å². The van der Waals surface area contributed by atoms with Crippen LogP contribution >= 0.6 is 0 Å². The van der Waals surface area contributed by atoms with Gasteiger partial charge in [-0.15, -0.1) is 0 Å². The Morgan fingerprint density at radius 3 is 2.78 bits per heavy atom. The van der Waals surface area contributed by atoms with Gasteiger partial charge in [0.2, 0.25) is 0 Å². The van der Waals surface area contributed by atoms with Crippen LogP contribution in [0.4, 0.5) is 8.78 Å². The second-order valence-electron chi connectivity index (χ2n) is 4.84. The average Bonchev–Trinajstić information content (AvgIpc) is 2.41. The second-order valence-corrected chi connectivity index (χ2v) is 4.84. The molecule has 2 atom stereocenters. The van der Waals surface area contributed by atoms with Gasteiger partial charge in [0.1, 0.15) is 0 Å². The first kappa shape index (κ1) is 13.4. The highest BCUT2D eigenvalue weighted by Gasteiger charge is 2.24. The van der Waals surface area contributed by atoms with Crippen molar-refractivity contribution < 1.29 is 13.5 Å². The van der Waals surface area contributed by atoms with Crippen LogP contribution in [0.2, 0.25) is 0 Å². The molecule has 1 aliphatic rings. The van der Waals surface area contributed by atoms with Crippen LogP contribution in [0.3, 0.4) is 0 Å². The third kappa shape index (κ3) is 3.06. The summed E-state index contributed by atoms with van der Waals surface area (Å²) in [7, 11) is 0. The van der Waals surface area contributed by atoms with Crippen LogP contribution < -0.4 is 5.73 Å². The Morgan fingerprint density at radius 1 is 1.22 bits per heavy atom. The van der Waals surface area contributed by atoms with E-state index < -0.39 is 11.6 Å². The van der Waals surface area contributed by atoms with Gasteiger partial charge in [-0.25, -0.2) is 8.78 Å². The number of hydrogen-bond acceptors (Lipinski definition) is 2. The molecule has 0 amide bonds. The minimum atomic E-state index is -0.824. The molecule has 0 saturated heterocycles. The summed E-state index contributed by atoms with van der Waals surface area (Å²) in [6.45, 7) is 0.709. The van der Waals surface area contributed by atoms with Crippen molar-refractivity contribution in [3.8, 4) is 0 Å². The van der Waals surface area contributed by atoms with Crippen LogP contribution in [-0.4, -0.2) is 12.6 Å². The molecule has 2 unspecified atom stereocenters. The van der Waals surface area contributed by atoms with Crippen LogP contribution in [0.1, 0.15) is 31.2 Å². The Balaban J connectivity index is 1.96. The summed E-state index contributed by atoms with van der Waals surface area (Å²) < 4.78 is 32.2. The van der Waals surface area contributed by atoms with Crippen molar-refractivity contribution in [1.82, 2.24) is 0 Å². The molecule has 1 aromatic rings. The Bertz CT molecular complexity index is 397. The number of ether oxygens (including phenoxy) is 1. The van der Waals surface area contributed by atoms with Crippen molar-refractivity contribution in [2.75, 3.05) is 6.54 Å². The molecule has 100 valence electrons. The molecule has 0 heterocycles. The zero-order valence-corrected chi connectivity index (χ0v) is 10.4. The highest BCUT2D eigenvalue weighted by molar-refractivity contribution is 5.18. The van der Waals surface area contributed by atoms with Crippen LogP contribution in [0, 0.1) is 17.6 Å². The standard InChI is InChI=1S/C14H19F2NO/c15-12-6-3-5-11(14(12)16)9-18-13-7-2-1-4-10(13)8-17/h3,5-6,10,13H,1-2,4,7-9,17H2. The first-order valence-corrected chi connectivity index (χ1v) is 6.47. The van der Waals surface area contributed by atoms with E-state index in [0.29, 0.717) is 12.5 Å². The molecule has 4 heteroatoms. The molecule has 2 rings (SSSR count). The van der Waals surface area contributed by atoms with E-state index in [2.05, 4.69) is 0 Å². The van der Waals surface area contributed by atoms with Gasteiger partial charge in [-0.1, -0.05) is 25.0 Å². The Hall–Kier alpha value is -1.00. The fourth-order valence-electron chi connectivity index (χ4n) is 2.52. The maximum atomic E-state index is 13.5. The molecular formula is C14H19F2NO. The molecule has 0 aliphatic heterocycles. The number of halogens is 2. The van der Waals surface area contributed by atoms with Crippen molar-refractivity contribution in [1.29, 1.82) is 0 Å². The molecule has 1 aliphatic carbocycles. The van der Waals surface area contributed by atoms with E-state index in [9.17, 15) is 8.78 Å². The number of benzene rings is 1. The van der Waals surface area contributed by atoms with Crippen molar-refractivity contribution in [2.24, 2.45) is 11.7 Å². The highest BCUT2D eigenvalue weighted by atomic mass is 19.2. The molecule has 1 aromatic carbocycles. The minimum Gasteiger partial charge on any atom is -0.373 e. The van der Waals surface area contributed by atoms with E-state index in [1.807, 2.05) is 0 Å². The Morgan fingerprint density at radius 2 is 2.00 bits per heavy atom. The average molecular weight is 255 g/mol. The summed E-state index contributed by atoms with van der Waals surface area (Å²) in [5, 5.41) is 0. The Labute approximate surface area is 106 Å². The largest absolute Gasteiger partial charge is 0.373 e. The first-order chi connectivity index (χ1) is 8.72. The SMILES string of the molecule is NCC1CCCCC1OCc1cccc(F)c1F. The van der Waals surface area contributed by atoms with Crippen LogP contribution in [0.25, 0.3) is 0 Å². The molecular weight excluding hydrogens is 236 g/mol. The first-order valence-electron chi connectivity index (χ1n) is 6.47. The lowest BCUT2D eigenvalue weighted by atomic mass is 9.86. The van der Waals surface area contributed by atoms with Crippen molar-refractivity contribution in [3.63, 3.8) is 0 Å². The summed E-state index contributed by atoms with van der Waals surface area (Å²) in [6, 6.07) is 4.17. The van der Waals surface area contributed by atoms with E-state index in [0.717, 1.165) is 25.3 Å². The molecule has 0 bridgehead atoms. The fraction of sp³-hybridized carbons (Fsp3) is 0.571. The van der Waals surface area contributed by atoms with Gasteiger partial charge in [-0.05, 0) is 31.4 Å². The van der Waals surface area contributed by atoms with Gasteiger partial charge in [-0.2, -0.15) is 0 Å². The smallest absolute Gasteiger partial charge is 0.164 e. The van der Waals surface area contributed by atoms with E-state index >= 15 is 0 Å². The fourth-order valence-corrected chi connectivity index (χ4v) is 2.52. The molecule has 18 heavy (non-hydrogen) atoms. The van der Waals surface area contributed by atoms with E-state index in [1.165, 1.54) is 12.5 Å². The lowest BCUT2D eigenvalue weighted by molar-refractivity contribution is -0.0194. The summed E-state index contributed by atoms with van der Waals surface area (Å²) in [6.07, 6.45) is 4.39. The number of hydrogen-bond donors (Lipinski definition) is 1. The van der Waals surface area contributed by atoms with Crippen LogP contribution in [0.15, 0.2) is 18.2 Å². The highest BCUT2D eigenvalue weighted by Crippen LogP contribution is 2.27. The summed E-state index contributed by atoms with van der Waals surface area (Å²) in [5.74, 6) is -1.29. The third-order valence-corrected chi connectivity index (χ3v) is 3.63. The molecule has 2 N–H and O–H groups in total. The molecule has 1 fully saturated rings. The number of nitrogens with two attached hydrogens (primary N) is 1. The van der Waals surface area contributed by atoms with Crippen LogP contribution in [-0.2, 0) is 11.3 Å². The van der Waals surface area contributed by atoms with E-state index in [4.69, 9.17) is 10.5 Å². The predicted molar refractivity (Wildman–Crippen MR) is 65.9 cm³/mol. The maximum absolute atomic E-state index is 13.5. The molecule has 2 nitrogen and oxygen atoms in total. The third-order valence-electron chi connectivity index (χ3n) is 3.63. The van der Waals surface area contributed by atoms with Crippen molar-refractivity contribution >= 4 is 0 Å².